The summed E-state index contributed by atoms with van der Waals surface area (Å²) in [6.45, 7) is 4.61. The predicted molar refractivity (Wildman–Crippen MR) is 70.8 cm³/mol. The topological polar surface area (TPSA) is 29.5 Å². The van der Waals surface area contributed by atoms with Crippen LogP contribution in [0.15, 0.2) is 24.3 Å². The van der Waals surface area contributed by atoms with Gasteiger partial charge in [-0.3, -0.25) is 4.79 Å². The minimum absolute atomic E-state index is 0.178. The molecule has 0 amide bonds. The molecule has 0 aliphatic heterocycles. The lowest BCUT2D eigenvalue weighted by Crippen LogP contribution is -2.33. The van der Waals surface area contributed by atoms with E-state index in [0.29, 0.717) is 13.0 Å². The fourth-order valence-corrected chi connectivity index (χ4v) is 1.80. The summed E-state index contributed by atoms with van der Waals surface area (Å²) in [5.41, 5.74) is 1.77. The number of hydrogen-bond donors (Lipinski definition) is 0. The van der Waals surface area contributed by atoms with Crippen molar-refractivity contribution in [2.75, 3.05) is 25.7 Å². The number of nitrogens with zero attached hydrogens (tertiary/aromatic N) is 1. The molecule has 1 unspecified atom stereocenters. The largest absolute Gasteiger partial charge is 0.383 e. The van der Waals surface area contributed by atoms with Crippen LogP contribution in [0.4, 0.5) is 5.69 Å². The van der Waals surface area contributed by atoms with E-state index in [2.05, 4.69) is 11.8 Å². The van der Waals surface area contributed by atoms with Gasteiger partial charge in [-0.15, -0.1) is 0 Å². The van der Waals surface area contributed by atoms with Gasteiger partial charge in [0.05, 0.1) is 6.61 Å². The lowest BCUT2D eigenvalue weighted by Gasteiger charge is -2.28. The lowest BCUT2D eigenvalue weighted by molar-refractivity contribution is 0.0988. The van der Waals surface area contributed by atoms with Crippen LogP contribution < -0.4 is 4.90 Å². The molecular weight excluding hydrogens is 214 g/mol. The summed E-state index contributed by atoms with van der Waals surface area (Å²) in [7, 11) is 3.68. The van der Waals surface area contributed by atoms with Crippen molar-refractivity contribution in [3.8, 4) is 0 Å². The Labute approximate surface area is 103 Å². The molecule has 0 aliphatic rings. The monoisotopic (exact) mass is 235 g/mol. The molecule has 0 aliphatic carbocycles. The number of carbonyl (C=O) groups is 1. The molecule has 0 saturated heterocycles. The number of Topliss-reactive ketones (excluding diaryl/α,β-unsaturated/α-hetero) is 1. The first kappa shape index (κ1) is 13.7. The van der Waals surface area contributed by atoms with Gasteiger partial charge in [0, 0.05) is 37.9 Å². The number of hydrogen-bond acceptors (Lipinski definition) is 3. The number of carbonyl (C=O) groups excluding carboxylic acids is 1. The summed E-state index contributed by atoms with van der Waals surface area (Å²) < 4.78 is 5.15. The van der Waals surface area contributed by atoms with Crippen LogP contribution in [0.1, 0.15) is 30.6 Å². The standard InChI is InChI=1S/C14H21NO2/c1-5-14(16)12-8-6-7-9-13(12)15(3)11(2)10-17-4/h6-9,11H,5,10H2,1-4H3. The molecule has 0 bridgehead atoms. The molecule has 0 N–H and O–H groups in total. The summed E-state index contributed by atoms with van der Waals surface area (Å²) in [6, 6.07) is 7.97. The number of ether oxygens (including phenoxy) is 1. The first-order chi connectivity index (χ1) is 8.11. The lowest BCUT2D eigenvalue weighted by atomic mass is 10.1. The van der Waals surface area contributed by atoms with E-state index < -0.39 is 0 Å². The van der Waals surface area contributed by atoms with Crippen LogP contribution in [0.3, 0.4) is 0 Å². The number of para-hydroxylation sites is 1. The van der Waals surface area contributed by atoms with E-state index in [9.17, 15) is 4.79 Å². The minimum Gasteiger partial charge on any atom is -0.383 e. The number of methoxy groups -OCH3 is 1. The van der Waals surface area contributed by atoms with Crippen LogP contribution in [-0.2, 0) is 4.74 Å². The molecule has 1 aromatic rings. The first-order valence-electron chi connectivity index (χ1n) is 5.95. The molecule has 1 rings (SSSR count). The Balaban J connectivity index is 3.00. The van der Waals surface area contributed by atoms with Gasteiger partial charge >= 0.3 is 0 Å². The van der Waals surface area contributed by atoms with Crippen LogP contribution in [0.2, 0.25) is 0 Å². The van der Waals surface area contributed by atoms with E-state index in [1.165, 1.54) is 0 Å². The van der Waals surface area contributed by atoms with Crippen molar-refractivity contribution in [2.45, 2.75) is 26.3 Å². The van der Waals surface area contributed by atoms with E-state index in [4.69, 9.17) is 4.74 Å². The Kier molecular flexibility index (Phi) is 5.16. The van der Waals surface area contributed by atoms with Crippen molar-refractivity contribution in [2.24, 2.45) is 0 Å². The second-order valence-corrected chi connectivity index (χ2v) is 4.21. The first-order valence-corrected chi connectivity index (χ1v) is 5.95. The van der Waals surface area contributed by atoms with Gasteiger partial charge in [0.25, 0.3) is 0 Å². The van der Waals surface area contributed by atoms with Crippen molar-refractivity contribution in [1.29, 1.82) is 0 Å². The van der Waals surface area contributed by atoms with Crippen LogP contribution in [0, 0.1) is 0 Å². The molecule has 0 heterocycles. The van der Waals surface area contributed by atoms with Crippen molar-refractivity contribution >= 4 is 11.5 Å². The molecule has 0 fully saturated rings. The highest BCUT2D eigenvalue weighted by Gasteiger charge is 2.16. The fraction of sp³-hybridized carbons (Fsp3) is 0.500. The van der Waals surface area contributed by atoms with Gasteiger partial charge in [-0.2, -0.15) is 0 Å². The molecule has 1 aromatic carbocycles. The van der Waals surface area contributed by atoms with Crippen LogP contribution in [-0.4, -0.2) is 32.6 Å². The molecule has 3 heteroatoms. The molecule has 3 nitrogen and oxygen atoms in total. The molecular formula is C14H21NO2. The summed E-state index contributed by atoms with van der Waals surface area (Å²) >= 11 is 0. The number of anilines is 1. The van der Waals surface area contributed by atoms with Crippen molar-refractivity contribution in [1.82, 2.24) is 0 Å². The normalized spacial score (nSPS) is 12.2. The Morgan fingerprint density at radius 1 is 1.41 bits per heavy atom. The summed E-state index contributed by atoms with van der Waals surface area (Å²) in [5, 5.41) is 0. The van der Waals surface area contributed by atoms with Gasteiger partial charge in [0.15, 0.2) is 5.78 Å². The molecule has 1 atom stereocenters. The van der Waals surface area contributed by atoms with E-state index >= 15 is 0 Å². The van der Waals surface area contributed by atoms with Gasteiger partial charge in [-0.1, -0.05) is 19.1 Å². The van der Waals surface area contributed by atoms with Crippen molar-refractivity contribution < 1.29 is 9.53 Å². The van der Waals surface area contributed by atoms with Gasteiger partial charge in [-0.25, -0.2) is 0 Å². The third-order valence-electron chi connectivity index (χ3n) is 2.97. The molecule has 0 aromatic heterocycles. The molecule has 17 heavy (non-hydrogen) atoms. The average Bonchev–Trinajstić information content (AvgIpc) is 2.37. The Morgan fingerprint density at radius 2 is 2.06 bits per heavy atom. The maximum atomic E-state index is 11.9. The van der Waals surface area contributed by atoms with Gasteiger partial charge in [0.2, 0.25) is 0 Å². The van der Waals surface area contributed by atoms with E-state index in [0.717, 1.165) is 11.3 Å². The summed E-state index contributed by atoms with van der Waals surface area (Å²) in [4.78, 5) is 14.0. The van der Waals surface area contributed by atoms with Crippen molar-refractivity contribution in [3.05, 3.63) is 29.8 Å². The van der Waals surface area contributed by atoms with Gasteiger partial charge < -0.3 is 9.64 Å². The maximum absolute atomic E-state index is 11.9. The highest BCUT2D eigenvalue weighted by atomic mass is 16.5. The third kappa shape index (κ3) is 3.30. The second kappa shape index (κ2) is 6.40. The molecule has 94 valence electrons. The Bertz CT molecular complexity index is 376. The Morgan fingerprint density at radius 3 is 2.65 bits per heavy atom. The second-order valence-electron chi connectivity index (χ2n) is 4.21. The summed E-state index contributed by atoms with van der Waals surface area (Å²) in [5.74, 6) is 0.178. The highest BCUT2D eigenvalue weighted by Crippen LogP contribution is 2.22. The zero-order valence-electron chi connectivity index (χ0n) is 11.1. The molecule has 0 radical (unpaired) electrons. The number of benzene rings is 1. The zero-order valence-corrected chi connectivity index (χ0v) is 11.1. The predicted octanol–water partition coefficient (Wildman–Crippen LogP) is 2.75. The van der Waals surface area contributed by atoms with Crippen LogP contribution in [0.5, 0.6) is 0 Å². The molecule has 0 spiro atoms. The van der Waals surface area contributed by atoms with Crippen molar-refractivity contribution in [3.63, 3.8) is 0 Å². The maximum Gasteiger partial charge on any atom is 0.164 e. The average molecular weight is 235 g/mol. The van der Waals surface area contributed by atoms with E-state index in [1.54, 1.807) is 7.11 Å². The zero-order chi connectivity index (χ0) is 12.8. The smallest absolute Gasteiger partial charge is 0.164 e. The number of rotatable bonds is 6. The van der Waals surface area contributed by atoms with Crippen LogP contribution >= 0.6 is 0 Å². The third-order valence-corrected chi connectivity index (χ3v) is 2.97. The molecule has 0 saturated carbocycles. The number of likely N-dealkylation sites (N-methyl/N-ethyl adjacent to an activating group) is 1. The minimum atomic E-state index is 0.178. The highest BCUT2D eigenvalue weighted by molar-refractivity contribution is 6.01. The van der Waals surface area contributed by atoms with Crippen LogP contribution in [0.25, 0.3) is 0 Å². The van der Waals surface area contributed by atoms with E-state index in [1.807, 2.05) is 38.2 Å². The fourth-order valence-electron chi connectivity index (χ4n) is 1.80. The quantitative estimate of drug-likeness (QED) is 0.710. The number of ketones is 1. The summed E-state index contributed by atoms with van der Waals surface area (Å²) in [6.07, 6.45) is 0.531. The van der Waals surface area contributed by atoms with E-state index in [-0.39, 0.29) is 11.8 Å². The van der Waals surface area contributed by atoms with Gasteiger partial charge in [0.1, 0.15) is 0 Å². The van der Waals surface area contributed by atoms with Gasteiger partial charge in [-0.05, 0) is 19.1 Å². The SMILES string of the molecule is CCC(=O)c1ccccc1N(C)C(C)COC. The Hall–Kier alpha value is -1.35.